The van der Waals surface area contributed by atoms with Crippen LogP contribution in [0.1, 0.15) is 85.5 Å². The van der Waals surface area contributed by atoms with Gasteiger partial charge in [-0.15, -0.1) is 0 Å². The normalized spacial score (nSPS) is 37.0. The summed E-state index contributed by atoms with van der Waals surface area (Å²) in [5, 5.41) is 29.9. The van der Waals surface area contributed by atoms with Crippen molar-refractivity contribution in [2.45, 2.75) is 97.7 Å². The lowest BCUT2D eigenvalue weighted by Gasteiger charge is -2.48. The molecule has 3 aliphatic carbocycles. The Kier molecular flexibility index (Phi) is 7.13. The number of hydrogen-bond donors (Lipinski definition) is 3. The zero-order chi connectivity index (χ0) is 21.2. The first-order valence-corrected chi connectivity index (χ1v) is 11.8. The Morgan fingerprint density at radius 3 is 2.41 bits per heavy atom. The minimum Gasteiger partial charge on any atom is -0.396 e. The number of allylic oxidation sites excluding steroid dienone is 3. The zero-order valence-electron chi connectivity index (χ0n) is 19.0. The van der Waals surface area contributed by atoms with E-state index in [-0.39, 0.29) is 6.61 Å². The van der Waals surface area contributed by atoms with Crippen LogP contribution in [0.2, 0.25) is 0 Å². The number of hydrogen-bond acceptors (Lipinski definition) is 3. The van der Waals surface area contributed by atoms with Crippen LogP contribution in [0.3, 0.4) is 0 Å². The van der Waals surface area contributed by atoms with Gasteiger partial charge in [0.15, 0.2) is 0 Å². The van der Waals surface area contributed by atoms with E-state index in [4.69, 9.17) is 5.11 Å². The summed E-state index contributed by atoms with van der Waals surface area (Å²) in [5.41, 5.74) is 4.21. The fourth-order valence-electron chi connectivity index (χ4n) is 6.67. The first-order chi connectivity index (χ1) is 13.7. The third-order valence-corrected chi connectivity index (χ3v) is 8.54. The molecule has 3 N–H and O–H groups in total. The van der Waals surface area contributed by atoms with E-state index in [9.17, 15) is 10.2 Å². The van der Waals surface area contributed by atoms with Gasteiger partial charge >= 0.3 is 0 Å². The summed E-state index contributed by atoms with van der Waals surface area (Å²) in [6.45, 7) is 9.84. The first kappa shape index (κ1) is 22.8. The molecule has 0 amide bonds. The van der Waals surface area contributed by atoms with Crippen LogP contribution in [0.4, 0.5) is 0 Å². The van der Waals surface area contributed by atoms with Gasteiger partial charge in [-0.05, 0) is 79.6 Å². The van der Waals surface area contributed by atoms with Gasteiger partial charge in [0.05, 0.1) is 12.2 Å². The van der Waals surface area contributed by atoms with Crippen LogP contribution in [-0.2, 0) is 0 Å². The van der Waals surface area contributed by atoms with Gasteiger partial charge in [-0.3, -0.25) is 0 Å². The third kappa shape index (κ3) is 4.57. The monoisotopic (exact) mass is 402 g/mol. The Balaban J connectivity index is 1.76. The van der Waals surface area contributed by atoms with E-state index < -0.39 is 12.2 Å². The van der Waals surface area contributed by atoms with E-state index in [1.54, 1.807) is 11.6 Å². The van der Waals surface area contributed by atoms with Crippen molar-refractivity contribution in [1.29, 1.82) is 0 Å². The van der Waals surface area contributed by atoms with Crippen LogP contribution >= 0.6 is 0 Å². The van der Waals surface area contributed by atoms with Gasteiger partial charge in [0.2, 0.25) is 0 Å². The van der Waals surface area contributed by atoms with Gasteiger partial charge in [0, 0.05) is 6.61 Å². The minimum absolute atomic E-state index is 0.0493. The molecule has 0 radical (unpaired) electrons. The molecule has 0 aliphatic heterocycles. The molecule has 3 nitrogen and oxygen atoms in total. The molecular weight excluding hydrogens is 360 g/mol. The molecule has 5 atom stereocenters. The Labute approximate surface area is 177 Å². The molecule has 0 bridgehead atoms. The number of aliphatic hydroxyl groups excluding tert-OH is 3. The van der Waals surface area contributed by atoms with E-state index in [0.29, 0.717) is 41.6 Å². The molecule has 0 saturated heterocycles. The average Bonchev–Trinajstić information content (AvgIpc) is 3.04. The molecule has 3 rings (SSSR count). The fourth-order valence-corrected chi connectivity index (χ4v) is 6.67. The second kappa shape index (κ2) is 9.08. The Morgan fingerprint density at radius 2 is 1.79 bits per heavy atom. The molecule has 3 heteroatoms. The highest BCUT2D eigenvalue weighted by atomic mass is 16.3. The van der Waals surface area contributed by atoms with E-state index in [2.05, 4.69) is 39.8 Å². The van der Waals surface area contributed by atoms with Gasteiger partial charge in [0.1, 0.15) is 0 Å². The van der Waals surface area contributed by atoms with Crippen molar-refractivity contribution in [3.63, 3.8) is 0 Å². The lowest BCUT2D eigenvalue weighted by Crippen LogP contribution is -2.39. The van der Waals surface area contributed by atoms with Crippen molar-refractivity contribution >= 4 is 0 Å². The number of aliphatic hydroxyl groups is 3. The molecule has 0 aromatic heterocycles. The molecule has 29 heavy (non-hydrogen) atoms. The van der Waals surface area contributed by atoms with Crippen LogP contribution < -0.4 is 0 Å². The Bertz CT molecular complexity index is 655. The van der Waals surface area contributed by atoms with E-state index >= 15 is 0 Å². The van der Waals surface area contributed by atoms with Crippen LogP contribution in [0.15, 0.2) is 34.9 Å². The summed E-state index contributed by atoms with van der Waals surface area (Å²) in [5.74, 6) is 1.47. The summed E-state index contributed by atoms with van der Waals surface area (Å²) < 4.78 is 0. The maximum absolute atomic E-state index is 10.4. The first-order valence-electron chi connectivity index (χ1n) is 11.8. The maximum Gasteiger partial charge on any atom is 0.0812 e. The van der Waals surface area contributed by atoms with E-state index in [0.717, 1.165) is 11.5 Å². The van der Waals surface area contributed by atoms with Crippen molar-refractivity contribution in [2.75, 3.05) is 6.61 Å². The maximum atomic E-state index is 10.4. The summed E-state index contributed by atoms with van der Waals surface area (Å²) in [7, 11) is 0. The van der Waals surface area contributed by atoms with Gasteiger partial charge in [-0.1, -0.05) is 63.5 Å². The molecule has 0 spiro atoms. The average molecular weight is 403 g/mol. The SMILES string of the molecule is CCC(C)(C)C1CCC2/C(=C/C=C3C[C@@H](O)C(=CCCO)[C@H](O)C3)CCCC21C. The van der Waals surface area contributed by atoms with E-state index in [1.165, 1.54) is 38.5 Å². The summed E-state index contributed by atoms with van der Waals surface area (Å²) in [6, 6.07) is 0. The Morgan fingerprint density at radius 1 is 1.10 bits per heavy atom. The Hall–Kier alpha value is -0.900. The largest absolute Gasteiger partial charge is 0.396 e. The van der Waals surface area contributed by atoms with Gasteiger partial charge in [-0.25, -0.2) is 0 Å². The minimum atomic E-state index is -0.632. The van der Waals surface area contributed by atoms with E-state index in [1.807, 2.05) is 0 Å². The molecule has 3 unspecified atom stereocenters. The van der Waals surface area contributed by atoms with Gasteiger partial charge in [-0.2, -0.15) is 0 Å². The van der Waals surface area contributed by atoms with Crippen molar-refractivity contribution in [3.05, 3.63) is 34.9 Å². The third-order valence-electron chi connectivity index (χ3n) is 8.54. The topological polar surface area (TPSA) is 60.7 Å². The number of fused-ring (bicyclic) bond motifs is 1. The van der Waals surface area contributed by atoms with Gasteiger partial charge in [0.25, 0.3) is 0 Å². The second-order valence-corrected chi connectivity index (χ2v) is 10.6. The predicted octanol–water partition coefficient (Wildman–Crippen LogP) is 5.32. The molecule has 0 aromatic rings. The smallest absolute Gasteiger partial charge is 0.0812 e. The van der Waals surface area contributed by atoms with Crippen LogP contribution in [-0.4, -0.2) is 34.1 Å². The van der Waals surface area contributed by atoms with Crippen molar-refractivity contribution in [3.8, 4) is 0 Å². The molecule has 0 heterocycles. The lowest BCUT2D eigenvalue weighted by molar-refractivity contribution is 0.0435. The predicted molar refractivity (Wildman–Crippen MR) is 119 cm³/mol. The standard InChI is InChI=1S/C26H42O3/c1-5-25(2,3)24-13-12-21-19(8-6-14-26(21,24)4)11-10-18-16-22(28)20(9-7-15-27)23(29)17-18/h9-11,21-24,27-29H,5-8,12-17H2,1-4H3/b18-10?,19-11+,20-9?/t21?,22-,23-,24?,26?/m1/s1. The van der Waals surface area contributed by atoms with Gasteiger partial charge < -0.3 is 15.3 Å². The number of rotatable bonds is 5. The quantitative estimate of drug-likeness (QED) is 0.546. The van der Waals surface area contributed by atoms with Crippen molar-refractivity contribution < 1.29 is 15.3 Å². The van der Waals surface area contributed by atoms with Crippen LogP contribution in [0.25, 0.3) is 0 Å². The highest BCUT2D eigenvalue weighted by Crippen LogP contribution is 2.62. The van der Waals surface area contributed by atoms with Crippen molar-refractivity contribution in [2.24, 2.45) is 22.7 Å². The molecular formula is C26H42O3. The highest BCUT2D eigenvalue weighted by Gasteiger charge is 2.53. The molecule has 3 aliphatic rings. The highest BCUT2D eigenvalue weighted by molar-refractivity contribution is 5.30. The molecule has 164 valence electrons. The molecule has 3 saturated carbocycles. The van der Waals surface area contributed by atoms with Crippen molar-refractivity contribution in [1.82, 2.24) is 0 Å². The summed E-state index contributed by atoms with van der Waals surface area (Å²) in [6.07, 6.45) is 14.4. The van der Waals surface area contributed by atoms with Crippen LogP contribution in [0.5, 0.6) is 0 Å². The lowest BCUT2D eigenvalue weighted by atomic mass is 9.57. The molecule has 0 aromatic carbocycles. The fraction of sp³-hybridized carbons (Fsp3) is 0.769. The summed E-state index contributed by atoms with van der Waals surface area (Å²) >= 11 is 0. The van der Waals surface area contributed by atoms with Crippen LogP contribution in [0, 0.1) is 22.7 Å². The molecule has 3 fully saturated rings. The second-order valence-electron chi connectivity index (χ2n) is 10.6. The zero-order valence-corrected chi connectivity index (χ0v) is 19.0. The summed E-state index contributed by atoms with van der Waals surface area (Å²) in [4.78, 5) is 0.